The van der Waals surface area contributed by atoms with Gasteiger partial charge in [0.1, 0.15) is 0 Å². The van der Waals surface area contributed by atoms with Gasteiger partial charge in [0.2, 0.25) is 0 Å². The fourth-order valence-corrected chi connectivity index (χ4v) is 3.22. The normalized spacial score (nSPS) is 17.1. The molecule has 0 radical (unpaired) electrons. The van der Waals surface area contributed by atoms with E-state index < -0.39 is 23.6 Å². The van der Waals surface area contributed by atoms with Gasteiger partial charge < -0.3 is 10.1 Å². The molecule has 5 nitrogen and oxygen atoms in total. The summed E-state index contributed by atoms with van der Waals surface area (Å²) in [6.45, 7) is 0. The molecule has 1 N–H and O–H groups in total. The first kappa shape index (κ1) is 19.7. The minimum absolute atomic E-state index is 0.0548. The first-order valence-electron chi connectivity index (χ1n) is 7.92. The van der Waals surface area contributed by atoms with E-state index in [9.17, 15) is 22.8 Å². The number of amides is 1. The SMILES string of the molecule is COC(=O)c1ccc(C=C2SC(=Nc3ccccc3C(F)(F)F)NC2=O)cc1. The van der Waals surface area contributed by atoms with Gasteiger partial charge in [-0.3, -0.25) is 4.79 Å². The van der Waals surface area contributed by atoms with Crippen molar-refractivity contribution < 1.29 is 27.5 Å². The van der Waals surface area contributed by atoms with E-state index in [1.54, 1.807) is 30.3 Å². The van der Waals surface area contributed by atoms with E-state index in [0.717, 1.165) is 17.8 Å². The third-order valence-corrected chi connectivity index (χ3v) is 4.62. The van der Waals surface area contributed by atoms with Gasteiger partial charge in [0.15, 0.2) is 5.17 Å². The molecule has 1 fully saturated rings. The van der Waals surface area contributed by atoms with Gasteiger partial charge in [-0.15, -0.1) is 0 Å². The highest BCUT2D eigenvalue weighted by Gasteiger charge is 2.34. The number of nitrogens with zero attached hydrogens (tertiary/aromatic N) is 1. The van der Waals surface area contributed by atoms with Crippen LogP contribution in [0, 0.1) is 0 Å². The van der Waals surface area contributed by atoms with Crippen LogP contribution in [0.15, 0.2) is 58.4 Å². The average molecular weight is 406 g/mol. The van der Waals surface area contributed by atoms with Crippen molar-refractivity contribution in [2.24, 2.45) is 4.99 Å². The smallest absolute Gasteiger partial charge is 0.418 e. The monoisotopic (exact) mass is 406 g/mol. The van der Waals surface area contributed by atoms with E-state index in [1.807, 2.05) is 0 Å². The molecule has 1 amide bonds. The number of amidine groups is 1. The first-order valence-corrected chi connectivity index (χ1v) is 8.74. The van der Waals surface area contributed by atoms with Gasteiger partial charge in [-0.05, 0) is 47.7 Å². The van der Waals surface area contributed by atoms with Crippen LogP contribution in [0.25, 0.3) is 6.08 Å². The van der Waals surface area contributed by atoms with Gasteiger partial charge in [0, 0.05) is 0 Å². The number of para-hydroxylation sites is 1. The number of carbonyl (C=O) groups excluding carboxylic acids is 2. The predicted octanol–water partition coefficient (Wildman–Crippen LogP) is 4.38. The molecule has 28 heavy (non-hydrogen) atoms. The average Bonchev–Trinajstić information content (AvgIpc) is 3.00. The van der Waals surface area contributed by atoms with Crippen LogP contribution in [-0.2, 0) is 15.7 Å². The number of aliphatic imine (C=N–C) groups is 1. The lowest BCUT2D eigenvalue weighted by atomic mass is 10.1. The lowest BCUT2D eigenvalue weighted by Crippen LogP contribution is -2.19. The van der Waals surface area contributed by atoms with E-state index >= 15 is 0 Å². The Hall–Kier alpha value is -3.07. The quantitative estimate of drug-likeness (QED) is 0.607. The second-order valence-corrected chi connectivity index (χ2v) is 6.64. The number of rotatable bonds is 3. The Morgan fingerprint density at radius 2 is 1.82 bits per heavy atom. The van der Waals surface area contributed by atoms with Crippen molar-refractivity contribution in [3.63, 3.8) is 0 Å². The van der Waals surface area contributed by atoms with Crippen LogP contribution in [0.3, 0.4) is 0 Å². The number of ether oxygens (including phenoxy) is 1. The van der Waals surface area contributed by atoms with Crippen molar-refractivity contribution in [3.8, 4) is 0 Å². The van der Waals surface area contributed by atoms with Crippen molar-refractivity contribution in [1.29, 1.82) is 0 Å². The zero-order valence-corrected chi connectivity index (χ0v) is 15.2. The number of esters is 1. The summed E-state index contributed by atoms with van der Waals surface area (Å²) < 4.78 is 43.8. The number of halogens is 3. The largest absolute Gasteiger partial charge is 0.465 e. The number of carbonyl (C=O) groups is 2. The molecule has 1 aliphatic heterocycles. The molecule has 0 aliphatic carbocycles. The highest BCUT2D eigenvalue weighted by molar-refractivity contribution is 8.18. The summed E-state index contributed by atoms with van der Waals surface area (Å²) in [5.41, 5.74) is -0.156. The molecule has 0 atom stereocenters. The van der Waals surface area contributed by atoms with E-state index in [4.69, 9.17) is 0 Å². The minimum Gasteiger partial charge on any atom is -0.465 e. The molecule has 0 aromatic heterocycles. The second kappa shape index (κ2) is 7.89. The lowest BCUT2D eigenvalue weighted by molar-refractivity contribution is -0.137. The number of hydrogen-bond donors (Lipinski definition) is 1. The maximum Gasteiger partial charge on any atom is 0.418 e. The molecule has 2 aromatic rings. The predicted molar refractivity (Wildman–Crippen MR) is 100 cm³/mol. The van der Waals surface area contributed by atoms with E-state index in [1.165, 1.54) is 25.3 Å². The molecular weight excluding hydrogens is 393 g/mol. The third kappa shape index (κ3) is 4.42. The molecule has 0 bridgehead atoms. The van der Waals surface area contributed by atoms with Crippen LogP contribution < -0.4 is 5.32 Å². The van der Waals surface area contributed by atoms with Crippen LogP contribution in [-0.4, -0.2) is 24.2 Å². The molecule has 0 spiro atoms. The summed E-state index contributed by atoms with van der Waals surface area (Å²) in [7, 11) is 1.27. The Morgan fingerprint density at radius 3 is 2.46 bits per heavy atom. The summed E-state index contributed by atoms with van der Waals surface area (Å²) in [5, 5.41) is 2.51. The van der Waals surface area contributed by atoms with Crippen LogP contribution >= 0.6 is 11.8 Å². The molecule has 0 unspecified atom stereocenters. The molecule has 144 valence electrons. The van der Waals surface area contributed by atoms with Gasteiger partial charge in [-0.1, -0.05) is 24.3 Å². The van der Waals surface area contributed by atoms with Crippen molar-refractivity contribution in [3.05, 3.63) is 70.1 Å². The number of thioether (sulfide) groups is 1. The van der Waals surface area contributed by atoms with Crippen molar-refractivity contribution in [2.45, 2.75) is 6.18 Å². The number of hydrogen-bond acceptors (Lipinski definition) is 5. The summed E-state index contributed by atoms with van der Waals surface area (Å²) in [5.74, 6) is -0.949. The number of nitrogens with one attached hydrogen (secondary N) is 1. The third-order valence-electron chi connectivity index (χ3n) is 3.71. The molecular formula is C19H13F3N2O3S. The van der Waals surface area contributed by atoms with Gasteiger partial charge in [0.05, 0.1) is 28.8 Å². The summed E-state index contributed by atoms with van der Waals surface area (Å²) in [6, 6.07) is 11.2. The Morgan fingerprint density at radius 1 is 1.14 bits per heavy atom. The Labute approximate surface area is 162 Å². The Kier molecular flexibility index (Phi) is 5.55. The van der Waals surface area contributed by atoms with E-state index in [0.29, 0.717) is 11.1 Å². The fraction of sp³-hybridized carbons (Fsp3) is 0.105. The van der Waals surface area contributed by atoms with E-state index in [-0.39, 0.29) is 15.8 Å². The number of benzene rings is 2. The van der Waals surface area contributed by atoms with Gasteiger partial charge in [-0.25, -0.2) is 9.79 Å². The summed E-state index contributed by atoms with van der Waals surface area (Å²) >= 11 is 0.934. The van der Waals surface area contributed by atoms with Crippen LogP contribution in [0.1, 0.15) is 21.5 Å². The first-order chi connectivity index (χ1) is 13.3. The van der Waals surface area contributed by atoms with Gasteiger partial charge in [-0.2, -0.15) is 13.2 Å². The van der Waals surface area contributed by atoms with Crippen molar-refractivity contribution >= 4 is 40.6 Å². The van der Waals surface area contributed by atoms with Crippen LogP contribution in [0.5, 0.6) is 0 Å². The zero-order chi connectivity index (χ0) is 20.3. The molecule has 0 saturated carbocycles. The van der Waals surface area contributed by atoms with Crippen LogP contribution in [0.4, 0.5) is 18.9 Å². The topological polar surface area (TPSA) is 67.8 Å². The molecule has 9 heteroatoms. The lowest BCUT2D eigenvalue weighted by Gasteiger charge is -2.09. The van der Waals surface area contributed by atoms with Crippen LogP contribution in [0.2, 0.25) is 0 Å². The standard InChI is InChI=1S/C19H13F3N2O3S/c1-27-17(26)12-8-6-11(7-9-12)10-15-16(25)24-18(28-15)23-14-5-3-2-4-13(14)19(20,21)22/h2-10H,1H3,(H,23,24,25). The number of methoxy groups -OCH3 is 1. The molecule has 1 saturated heterocycles. The Bertz CT molecular complexity index is 983. The van der Waals surface area contributed by atoms with Crippen molar-refractivity contribution in [2.75, 3.05) is 7.11 Å². The minimum atomic E-state index is -4.55. The summed E-state index contributed by atoms with van der Waals surface area (Å²) in [6.07, 6.45) is -2.99. The Balaban J connectivity index is 1.83. The highest BCUT2D eigenvalue weighted by Crippen LogP contribution is 2.37. The van der Waals surface area contributed by atoms with Gasteiger partial charge >= 0.3 is 12.1 Å². The number of alkyl halides is 3. The van der Waals surface area contributed by atoms with E-state index in [2.05, 4.69) is 15.0 Å². The maximum absolute atomic E-state index is 13.1. The molecule has 3 rings (SSSR count). The highest BCUT2D eigenvalue weighted by atomic mass is 32.2. The fourth-order valence-electron chi connectivity index (χ4n) is 2.39. The van der Waals surface area contributed by atoms with Gasteiger partial charge in [0.25, 0.3) is 5.91 Å². The maximum atomic E-state index is 13.1. The zero-order valence-electron chi connectivity index (χ0n) is 14.4. The molecule has 1 aliphatic rings. The molecule has 2 aromatic carbocycles. The second-order valence-electron chi connectivity index (χ2n) is 5.61. The summed E-state index contributed by atoms with van der Waals surface area (Å²) in [4.78, 5) is 27.8. The van der Waals surface area contributed by atoms with Crippen molar-refractivity contribution in [1.82, 2.24) is 5.32 Å². The molecule has 1 heterocycles.